The van der Waals surface area contributed by atoms with Crippen LogP contribution >= 0.6 is 15.6 Å². The van der Waals surface area contributed by atoms with Crippen LogP contribution in [0.1, 0.15) is 144 Å². The van der Waals surface area contributed by atoms with Gasteiger partial charge >= 0.3 is 15.6 Å². The zero-order chi connectivity index (χ0) is 68.3. The fourth-order valence-electron chi connectivity index (χ4n) is 13.5. The van der Waals surface area contributed by atoms with Crippen molar-refractivity contribution in [3.05, 3.63) is 46.3 Å². The number of carbonyl (C=O) groups is 6. The number of imidazole rings is 1. The average molecular weight is 1320 g/mol. The molecule has 5 aliphatic heterocycles. The molecule has 6 amide bonds. The highest BCUT2D eigenvalue weighted by molar-refractivity contribution is 7.61. The number of nitrogens with one attached hydrogen (secondary N) is 3. The Morgan fingerprint density at radius 2 is 1.53 bits per heavy atom. The number of nitrogens with zero attached hydrogens (tertiary/aromatic N) is 5. The SMILES string of the molecule is CC(C)=C(N)C(CCC(N)=O)C(C)(CN)C(C)C1N=C(/C(C)=C2N=C(/C=C3\N=CC(C)(CC(N)=O)C3CCC(N)=O)C(C)(C)C\2CCC(N)=O)C(C)(CCC(=O)NCC(C)OP(=O)(O)OP(=O)(O)OCC2OC(n3cnc4c3NC(N)NC4=O)C(O)C2O)C1CN. The van der Waals surface area contributed by atoms with E-state index >= 15 is 0 Å². The Bertz CT molecular complexity index is 3260. The lowest BCUT2D eigenvalue weighted by molar-refractivity contribution is -0.122. The molecule has 6 heterocycles. The Morgan fingerprint density at radius 1 is 0.901 bits per heavy atom. The van der Waals surface area contributed by atoms with Crippen LogP contribution in [0.3, 0.4) is 0 Å². The summed E-state index contributed by atoms with van der Waals surface area (Å²) in [5.41, 5.74) is 49.8. The van der Waals surface area contributed by atoms with Gasteiger partial charge in [0.2, 0.25) is 29.5 Å². The molecule has 0 spiro atoms. The first-order valence-corrected chi connectivity index (χ1v) is 33.2. The highest BCUT2D eigenvalue weighted by Gasteiger charge is 2.56. The maximum Gasteiger partial charge on any atom is 0.481 e. The average Bonchev–Trinajstić information content (AvgIpc) is 1.60. The largest absolute Gasteiger partial charge is 0.481 e. The second-order valence-electron chi connectivity index (χ2n) is 26.1. The van der Waals surface area contributed by atoms with E-state index in [0.29, 0.717) is 34.1 Å². The molecule has 5 aliphatic rings. The van der Waals surface area contributed by atoms with E-state index in [0.717, 1.165) is 11.9 Å². The highest BCUT2D eigenvalue weighted by atomic mass is 31.3. The Labute approximate surface area is 528 Å². The molecule has 1 fully saturated rings. The lowest BCUT2D eigenvalue weighted by Gasteiger charge is -2.46. The molecule has 0 radical (unpaired) electrons. The minimum atomic E-state index is -5.50. The third-order valence-electron chi connectivity index (χ3n) is 19.0. The van der Waals surface area contributed by atoms with E-state index < -0.39 is 158 Å². The molecule has 6 rings (SSSR count). The molecule has 0 bridgehead atoms. The molecule has 1 saturated heterocycles. The summed E-state index contributed by atoms with van der Waals surface area (Å²) < 4.78 is 47.7. The zero-order valence-corrected chi connectivity index (χ0v) is 55.1. The molecule has 34 heteroatoms. The molecule has 17 atom stereocenters. The second kappa shape index (κ2) is 29.0. The van der Waals surface area contributed by atoms with Crippen molar-refractivity contribution in [2.45, 2.75) is 170 Å². The summed E-state index contributed by atoms with van der Waals surface area (Å²) >= 11 is 0. The van der Waals surface area contributed by atoms with Gasteiger partial charge in [0.1, 0.15) is 24.1 Å². The van der Waals surface area contributed by atoms with Crippen molar-refractivity contribution in [3.8, 4) is 0 Å². The molecule has 17 unspecified atom stereocenters. The van der Waals surface area contributed by atoms with Crippen molar-refractivity contribution in [2.24, 2.45) is 112 Å². The lowest BCUT2D eigenvalue weighted by atomic mass is 9.59. The first kappa shape index (κ1) is 73.9. The monoisotopic (exact) mass is 1320 g/mol. The summed E-state index contributed by atoms with van der Waals surface area (Å²) in [4.78, 5) is 117. The maximum atomic E-state index is 14.1. The van der Waals surface area contributed by atoms with E-state index in [4.69, 9.17) is 74.6 Å². The van der Waals surface area contributed by atoms with Gasteiger partial charge in [-0.15, -0.1) is 0 Å². The number of ether oxygens (including phenoxy) is 1. The quantitative estimate of drug-likeness (QED) is 0.0446. The van der Waals surface area contributed by atoms with Gasteiger partial charge in [-0.25, -0.2) is 14.1 Å². The van der Waals surface area contributed by atoms with E-state index in [1.807, 2.05) is 68.4 Å². The normalized spacial score (nSPS) is 30.8. The number of fused-ring (bicyclic) bond motifs is 1. The second-order valence-corrected chi connectivity index (χ2v) is 29.1. The first-order valence-electron chi connectivity index (χ1n) is 30.2. The van der Waals surface area contributed by atoms with Crippen molar-refractivity contribution in [1.29, 1.82) is 0 Å². The molecule has 1 aromatic rings. The number of carbonyl (C=O) groups excluding carboxylic acids is 6. The number of aliphatic hydroxyl groups is 2. The number of phosphoric ester groups is 2. The standard InChI is InChI=1S/C57H94N16O16P2/c1-27(2)43(64)32(12-15-39(61)75)57(10,24-59)30(5)45-34(21-58)56(9,49(70-45)29(4)44-33(13-16-40(62)76)54(6,7)37(69-44)19-35-31(11-14-38(60)74)55(8,25-67-35)20-41(63)77)18-17-42(78)66-22-28(3)88-91(84,85)89-90(82,83)86-23-36-47(79)48(80)52(87-36)73-26-68-46-50(73)71-53(65)72-51(46)81/h19,25-26,28,30-34,36,45,47-48,52-53,71,79-80H,11-18,20-24,58-59,64-65H2,1-10H3,(H2,60,74)(H2,61,75)(H2,62,76)(H2,63,77)(H,66,78)(H,72,81)(H,82,83)(H,84,85)/b35-19-,44-29-. The molecule has 23 N–H and O–H groups in total. The van der Waals surface area contributed by atoms with Gasteiger partial charge in [0.25, 0.3) is 5.91 Å². The summed E-state index contributed by atoms with van der Waals surface area (Å²) in [6.07, 6.45) is -3.44. The summed E-state index contributed by atoms with van der Waals surface area (Å²) in [5, 5.41) is 29.4. The van der Waals surface area contributed by atoms with Crippen LogP contribution in [0.5, 0.6) is 0 Å². The predicted molar refractivity (Wildman–Crippen MR) is 336 cm³/mol. The number of aliphatic hydroxyl groups excluding tert-OH is 2. The number of hydrogen-bond donors (Lipinski definition) is 15. The Morgan fingerprint density at radius 3 is 2.11 bits per heavy atom. The molecule has 508 valence electrons. The minimum absolute atomic E-state index is 0.00521. The number of aliphatic imine (C=N–C) groups is 3. The number of primary amides is 4. The number of amides is 6. The van der Waals surface area contributed by atoms with Gasteiger partial charge in [-0.05, 0) is 89.4 Å². The van der Waals surface area contributed by atoms with Gasteiger partial charge in [0.05, 0.1) is 25.1 Å². The highest BCUT2D eigenvalue weighted by Crippen LogP contribution is 2.61. The van der Waals surface area contributed by atoms with Crippen LogP contribution in [-0.2, 0) is 51.2 Å². The topological polar surface area (TPSA) is 554 Å². The molecule has 1 aromatic heterocycles. The number of nitrogens with two attached hydrogens (primary N) is 8. The molecular formula is C57H94N16O16P2. The van der Waals surface area contributed by atoms with E-state index in [1.54, 1.807) is 6.21 Å². The zero-order valence-electron chi connectivity index (χ0n) is 53.3. The van der Waals surface area contributed by atoms with Crippen molar-refractivity contribution in [3.63, 3.8) is 0 Å². The van der Waals surface area contributed by atoms with Gasteiger partial charge in [-0.2, -0.15) is 4.31 Å². The molecule has 32 nitrogen and oxygen atoms in total. The first-order chi connectivity index (χ1) is 42.2. The van der Waals surface area contributed by atoms with Gasteiger partial charge in [-0.3, -0.25) is 63.1 Å². The Balaban J connectivity index is 1.28. The maximum absolute atomic E-state index is 14.1. The van der Waals surface area contributed by atoms with Crippen LogP contribution in [0.15, 0.2) is 55.6 Å². The Kier molecular flexibility index (Phi) is 23.6. The number of rotatable bonds is 32. The summed E-state index contributed by atoms with van der Waals surface area (Å²) in [5.74, 6) is -5.57. The summed E-state index contributed by atoms with van der Waals surface area (Å²) in [6, 6.07) is -0.599. The van der Waals surface area contributed by atoms with Crippen LogP contribution in [0, 0.1) is 51.2 Å². The number of hydrogen-bond acceptors (Lipinski definition) is 23. The summed E-state index contributed by atoms with van der Waals surface area (Å²) in [7, 11) is -11.0. The van der Waals surface area contributed by atoms with Crippen LogP contribution in [-0.4, -0.2) is 146 Å². The van der Waals surface area contributed by atoms with Gasteiger partial charge in [0.15, 0.2) is 18.2 Å². The number of anilines is 1. The third-order valence-corrected chi connectivity index (χ3v) is 21.8. The smallest absolute Gasteiger partial charge is 0.402 e. The van der Waals surface area contributed by atoms with E-state index in [-0.39, 0.29) is 82.4 Å². The van der Waals surface area contributed by atoms with E-state index in [9.17, 15) is 57.9 Å². The lowest BCUT2D eigenvalue weighted by Crippen LogP contribution is -2.51. The Hall–Kier alpha value is -6.12. The predicted octanol–water partition coefficient (Wildman–Crippen LogP) is 0.943. The van der Waals surface area contributed by atoms with Gasteiger partial charge in [0, 0.05) is 113 Å². The van der Waals surface area contributed by atoms with E-state index in [2.05, 4.69) is 25.2 Å². The fourth-order valence-corrected chi connectivity index (χ4v) is 15.7. The molecule has 0 aromatic carbocycles. The van der Waals surface area contributed by atoms with Crippen LogP contribution in [0.4, 0.5) is 5.82 Å². The van der Waals surface area contributed by atoms with Gasteiger partial charge in [-0.1, -0.05) is 47.1 Å². The van der Waals surface area contributed by atoms with Gasteiger partial charge < -0.3 is 80.8 Å². The van der Waals surface area contributed by atoms with Crippen LogP contribution in [0.25, 0.3) is 0 Å². The third kappa shape index (κ3) is 16.6. The van der Waals surface area contributed by atoms with E-state index in [1.165, 1.54) is 11.5 Å². The van der Waals surface area contributed by atoms with Crippen molar-refractivity contribution in [2.75, 3.05) is 31.6 Å². The van der Waals surface area contributed by atoms with Crippen molar-refractivity contribution >= 4 is 74.5 Å². The van der Waals surface area contributed by atoms with Crippen LogP contribution in [0.2, 0.25) is 0 Å². The molecular weight excluding hydrogens is 1230 g/mol. The number of allylic oxidation sites excluding steroid dienone is 6. The molecule has 0 aliphatic carbocycles. The fraction of sp³-hybridized carbons (Fsp3) is 0.684. The van der Waals surface area contributed by atoms with Crippen molar-refractivity contribution < 1.29 is 76.0 Å². The number of aromatic nitrogens is 2. The summed E-state index contributed by atoms with van der Waals surface area (Å²) in [6.45, 7) is 17.4. The molecule has 0 saturated carbocycles. The number of phosphoric acid groups is 2. The minimum Gasteiger partial charge on any atom is -0.402 e. The van der Waals surface area contributed by atoms with Crippen LogP contribution < -0.4 is 61.8 Å². The molecule has 91 heavy (non-hydrogen) atoms. The van der Waals surface area contributed by atoms with Crippen molar-refractivity contribution in [1.82, 2.24) is 20.2 Å².